The highest BCUT2D eigenvalue weighted by atomic mass is 35.5. The molecule has 3 heteroatoms. The maximum atomic E-state index is 12.2. The average molecular weight is 253 g/mol. The van der Waals surface area contributed by atoms with Gasteiger partial charge in [-0.05, 0) is 44.4 Å². The maximum absolute atomic E-state index is 12.2. The van der Waals surface area contributed by atoms with Crippen LogP contribution in [0.2, 0.25) is 5.02 Å². The molecule has 1 aliphatic carbocycles. The molecule has 0 atom stereocenters. The Morgan fingerprint density at radius 3 is 2.71 bits per heavy atom. The molecule has 0 aliphatic heterocycles. The SMILES string of the molecule is CCOc1cc(C)c(C(=O)C2CCC2)cc1Cl. The third-order valence-corrected chi connectivity index (χ3v) is 3.62. The van der Waals surface area contributed by atoms with E-state index in [1.165, 1.54) is 6.42 Å². The summed E-state index contributed by atoms with van der Waals surface area (Å²) >= 11 is 6.11. The first-order chi connectivity index (χ1) is 8.13. The van der Waals surface area contributed by atoms with E-state index in [0.29, 0.717) is 17.4 Å². The van der Waals surface area contributed by atoms with Gasteiger partial charge >= 0.3 is 0 Å². The van der Waals surface area contributed by atoms with Gasteiger partial charge in [0.05, 0.1) is 11.6 Å². The first-order valence-electron chi connectivity index (χ1n) is 6.10. The second-order valence-corrected chi connectivity index (χ2v) is 4.93. The second kappa shape index (κ2) is 5.09. The molecule has 0 amide bonds. The average Bonchev–Trinajstić information content (AvgIpc) is 2.20. The predicted molar refractivity (Wildman–Crippen MR) is 69.0 cm³/mol. The van der Waals surface area contributed by atoms with Crippen LogP contribution in [0.3, 0.4) is 0 Å². The molecule has 0 radical (unpaired) electrons. The molecule has 2 rings (SSSR count). The second-order valence-electron chi connectivity index (χ2n) is 4.52. The monoisotopic (exact) mass is 252 g/mol. The van der Waals surface area contributed by atoms with Crippen molar-refractivity contribution >= 4 is 17.4 Å². The third-order valence-electron chi connectivity index (χ3n) is 3.32. The molecule has 1 aromatic rings. The normalized spacial score (nSPS) is 15.5. The van der Waals surface area contributed by atoms with E-state index in [1.807, 2.05) is 19.9 Å². The summed E-state index contributed by atoms with van der Waals surface area (Å²) in [6.07, 6.45) is 3.20. The van der Waals surface area contributed by atoms with E-state index >= 15 is 0 Å². The standard InChI is InChI=1S/C14H17ClO2/c1-3-17-13-7-9(2)11(8-12(13)15)14(16)10-5-4-6-10/h7-8,10H,3-6H2,1-2H3. The molecule has 1 fully saturated rings. The fraction of sp³-hybridized carbons (Fsp3) is 0.500. The summed E-state index contributed by atoms with van der Waals surface area (Å²) in [6, 6.07) is 3.61. The molecule has 17 heavy (non-hydrogen) atoms. The molecule has 2 nitrogen and oxygen atoms in total. The first kappa shape index (κ1) is 12.4. The number of hydrogen-bond donors (Lipinski definition) is 0. The van der Waals surface area contributed by atoms with Gasteiger partial charge in [-0.15, -0.1) is 0 Å². The van der Waals surface area contributed by atoms with Gasteiger partial charge < -0.3 is 4.74 Å². The number of benzene rings is 1. The number of rotatable bonds is 4. The zero-order valence-electron chi connectivity index (χ0n) is 10.3. The summed E-state index contributed by atoms with van der Waals surface area (Å²) in [5, 5.41) is 0.528. The third kappa shape index (κ3) is 2.47. The van der Waals surface area contributed by atoms with Crippen LogP contribution in [0.1, 0.15) is 42.1 Å². The van der Waals surface area contributed by atoms with E-state index in [0.717, 1.165) is 24.0 Å². The minimum Gasteiger partial charge on any atom is -0.492 e. The van der Waals surface area contributed by atoms with Crippen LogP contribution in [-0.4, -0.2) is 12.4 Å². The van der Waals surface area contributed by atoms with Crippen molar-refractivity contribution in [2.24, 2.45) is 5.92 Å². The lowest BCUT2D eigenvalue weighted by Gasteiger charge is -2.24. The lowest BCUT2D eigenvalue weighted by atomic mass is 9.79. The van der Waals surface area contributed by atoms with Crippen molar-refractivity contribution in [2.75, 3.05) is 6.61 Å². The van der Waals surface area contributed by atoms with Crippen LogP contribution in [-0.2, 0) is 0 Å². The van der Waals surface area contributed by atoms with Crippen molar-refractivity contribution in [1.29, 1.82) is 0 Å². The Bertz CT molecular complexity index is 436. The topological polar surface area (TPSA) is 26.3 Å². The quantitative estimate of drug-likeness (QED) is 0.757. The van der Waals surface area contributed by atoms with E-state index in [1.54, 1.807) is 6.07 Å². The van der Waals surface area contributed by atoms with Gasteiger partial charge in [0.15, 0.2) is 5.78 Å². The Hall–Kier alpha value is -1.02. The minimum atomic E-state index is 0.211. The molecule has 1 aromatic carbocycles. The summed E-state index contributed by atoms with van der Waals surface area (Å²) < 4.78 is 5.41. The first-order valence-corrected chi connectivity index (χ1v) is 6.48. The van der Waals surface area contributed by atoms with Crippen molar-refractivity contribution in [3.05, 3.63) is 28.3 Å². The van der Waals surface area contributed by atoms with E-state index in [2.05, 4.69) is 0 Å². The molecule has 0 aromatic heterocycles. The minimum absolute atomic E-state index is 0.211. The van der Waals surface area contributed by atoms with Crippen LogP contribution in [0.25, 0.3) is 0 Å². The van der Waals surface area contributed by atoms with Crippen LogP contribution < -0.4 is 4.74 Å². The van der Waals surface area contributed by atoms with Crippen LogP contribution >= 0.6 is 11.6 Å². The molecule has 0 spiro atoms. The van der Waals surface area contributed by atoms with Crippen LogP contribution in [0.4, 0.5) is 0 Å². The largest absolute Gasteiger partial charge is 0.492 e. The van der Waals surface area contributed by atoms with E-state index < -0.39 is 0 Å². The highest BCUT2D eigenvalue weighted by Crippen LogP contribution is 2.34. The van der Waals surface area contributed by atoms with E-state index in [4.69, 9.17) is 16.3 Å². The number of ketones is 1. The summed E-state index contributed by atoms with van der Waals surface area (Å²) in [6.45, 7) is 4.43. The molecule has 0 bridgehead atoms. The number of hydrogen-bond acceptors (Lipinski definition) is 2. The molecular weight excluding hydrogens is 236 g/mol. The van der Waals surface area contributed by atoms with E-state index in [9.17, 15) is 4.79 Å². The van der Waals surface area contributed by atoms with Gasteiger partial charge in [0.1, 0.15) is 5.75 Å². The van der Waals surface area contributed by atoms with Gasteiger partial charge in [-0.25, -0.2) is 0 Å². The maximum Gasteiger partial charge on any atom is 0.166 e. The van der Waals surface area contributed by atoms with Gasteiger partial charge in [0.2, 0.25) is 0 Å². The predicted octanol–water partition coefficient (Wildman–Crippen LogP) is 4.03. The number of carbonyl (C=O) groups excluding carboxylic acids is 1. The van der Waals surface area contributed by atoms with Crippen molar-refractivity contribution < 1.29 is 9.53 Å². The van der Waals surface area contributed by atoms with Gasteiger partial charge in [-0.2, -0.15) is 0 Å². The molecule has 0 heterocycles. The highest BCUT2D eigenvalue weighted by molar-refractivity contribution is 6.32. The smallest absolute Gasteiger partial charge is 0.166 e. The van der Waals surface area contributed by atoms with E-state index in [-0.39, 0.29) is 11.7 Å². The summed E-state index contributed by atoms with van der Waals surface area (Å²) in [7, 11) is 0. The van der Waals surface area contributed by atoms with Gasteiger partial charge in [0, 0.05) is 11.5 Å². The zero-order valence-corrected chi connectivity index (χ0v) is 11.0. The lowest BCUT2D eigenvalue weighted by Crippen LogP contribution is -2.22. The Morgan fingerprint density at radius 1 is 1.47 bits per heavy atom. The highest BCUT2D eigenvalue weighted by Gasteiger charge is 2.27. The number of ether oxygens (including phenoxy) is 1. The van der Waals surface area contributed by atoms with Gasteiger partial charge in [-0.3, -0.25) is 4.79 Å². The van der Waals surface area contributed by atoms with Gasteiger partial charge in [0.25, 0.3) is 0 Å². The Kier molecular flexibility index (Phi) is 3.72. The number of Topliss-reactive ketones (excluding diaryl/α,β-unsaturated/α-hetero) is 1. The lowest BCUT2D eigenvalue weighted by molar-refractivity contribution is 0.0854. The van der Waals surface area contributed by atoms with Crippen molar-refractivity contribution in [3.63, 3.8) is 0 Å². The molecule has 0 N–H and O–H groups in total. The van der Waals surface area contributed by atoms with Crippen molar-refractivity contribution in [3.8, 4) is 5.75 Å². The molecule has 1 aliphatic rings. The Labute approximate surface area is 107 Å². The summed E-state index contributed by atoms with van der Waals surface area (Å²) in [4.78, 5) is 12.2. The number of aryl methyl sites for hydroxylation is 1. The molecule has 0 saturated heterocycles. The molecular formula is C14H17ClO2. The molecule has 0 unspecified atom stereocenters. The number of carbonyl (C=O) groups is 1. The van der Waals surface area contributed by atoms with Gasteiger partial charge in [-0.1, -0.05) is 18.0 Å². The number of halogens is 1. The van der Waals surface area contributed by atoms with Crippen LogP contribution in [0.5, 0.6) is 5.75 Å². The van der Waals surface area contributed by atoms with Crippen LogP contribution in [0, 0.1) is 12.8 Å². The van der Waals surface area contributed by atoms with Crippen molar-refractivity contribution in [1.82, 2.24) is 0 Å². The molecule has 1 saturated carbocycles. The summed E-state index contributed by atoms with van der Waals surface area (Å²) in [5.41, 5.74) is 1.71. The molecule has 92 valence electrons. The Balaban J connectivity index is 2.28. The summed E-state index contributed by atoms with van der Waals surface area (Å²) in [5.74, 6) is 1.11. The fourth-order valence-electron chi connectivity index (χ4n) is 2.08. The Morgan fingerprint density at radius 2 is 2.18 bits per heavy atom. The fourth-order valence-corrected chi connectivity index (χ4v) is 2.30. The zero-order chi connectivity index (χ0) is 12.4. The van der Waals surface area contributed by atoms with Crippen molar-refractivity contribution in [2.45, 2.75) is 33.1 Å². The van der Waals surface area contributed by atoms with Crippen LogP contribution in [0.15, 0.2) is 12.1 Å².